The Kier molecular flexibility index (Phi) is 7.09. The van der Waals surface area contributed by atoms with Crippen molar-refractivity contribution in [3.8, 4) is 5.75 Å². The van der Waals surface area contributed by atoms with E-state index in [1.54, 1.807) is 36.2 Å². The van der Waals surface area contributed by atoms with Crippen molar-refractivity contribution >= 4 is 34.9 Å². The summed E-state index contributed by atoms with van der Waals surface area (Å²) in [5, 5.41) is 5.09. The molecule has 0 aliphatic rings. The third kappa shape index (κ3) is 6.28. The predicted molar refractivity (Wildman–Crippen MR) is 99.0 cm³/mol. The van der Waals surface area contributed by atoms with Crippen LogP contribution in [0.2, 0.25) is 5.02 Å². The topological polar surface area (TPSA) is 84.7 Å². The number of likely N-dealkylation sites (N-methyl/N-ethyl adjacent to an activating group) is 1. The number of hydrogen-bond donors (Lipinski definition) is 2. The minimum absolute atomic E-state index is 0.109. The van der Waals surface area contributed by atoms with Gasteiger partial charge in [0.15, 0.2) is 0 Å². The Morgan fingerprint density at radius 1 is 1.36 bits per heavy atom. The molecule has 3 amide bonds. The Balaban J connectivity index is 1.84. The fraction of sp³-hybridized carbons (Fsp3) is 0.294. The maximum absolute atomic E-state index is 12.4. The van der Waals surface area contributed by atoms with Gasteiger partial charge in [0, 0.05) is 16.9 Å². The van der Waals surface area contributed by atoms with E-state index in [1.807, 2.05) is 17.5 Å². The minimum atomic E-state index is -0.654. The van der Waals surface area contributed by atoms with Crippen LogP contribution in [-0.2, 0) is 4.79 Å². The molecule has 0 aliphatic heterocycles. The molecule has 0 radical (unpaired) electrons. The normalized spacial score (nSPS) is 11.6. The van der Waals surface area contributed by atoms with E-state index in [4.69, 9.17) is 22.1 Å². The summed E-state index contributed by atoms with van der Waals surface area (Å²) in [5.74, 6) is 0.544. The largest absolute Gasteiger partial charge is 0.492 e. The molecular weight excluding hydrogens is 362 g/mol. The molecule has 8 heteroatoms. The first-order valence-corrected chi connectivity index (χ1v) is 8.93. The van der Waals surface area contributed by atoms with Crippen molar-refractivity contribution in [2.75, 3.05) is 20.2 Å². The summed E-state index contributed by atoms with van der Waals surface area (Å²) >= 11 is 7.36. The Hall–Kier alpha value is -2.25. The number of rotatable bonds is 8. The zero-order chi connectivity index (χ0) is 18.2. The van der Waals surface area contributed by atoms with Gasteiger partial charge in [-0.1, -0.05) is 23.7 Å². The van der Waals surface area contributed by atoms with E-state index >= 15 is 0 Å². The molecule has 2 rings (SSSR count). The first-order valence-electron chi connectivity index (χ1n) is 7.67. The van der Waals surface area contributed by atoms with Gasteiger partial charge in [-0.2, -0.15) is 0 Å². The van der Waals surface area contributed by atoms with Crippen molar-refractivity contribution in [1.82, 2.24) is 10.2 Å². The van der Waals surface area contributed by atoms with Crippen LogP contribution in [0.15, 0.2) is 41.8 Å². The van der Waals surface area contributed by atoms with Gasteiger partial charge < -0.3 is 20.7 Å². The van der Waals surface area contributed by atoms with Gasteiger partial charge in [-0.25, -0.2) is 4.79 Å². The van der Waals surface area contributed by atoms with Crippen molar-refractivity contribution < 1.29 is 14.3 Å². The summed E-state index contributed by atoms with van der Waals surface area (Å²) in [6.07, 6.45) is 0.136. The molecule has 3 N–H and O–H groups in total. The number of thiophene rings is 1. The molecule has 25 heavy (non-hydrogen) atoms. The molecule has 1 aromatic carbocycles. The van der Waals surface area contributed by atoms with Gasteiger partial charge in [-0.05, 0) is 29.6 Å². The maximum atomic E-state index is 12.4. The van der Waals surface area contributed by atoms with Crippen molar-refractivity contribution in [3.05, 3.63) is 51.7 Å². The van der Waals surface area contributed by atoms with Crippen LogP contribution in [0.1, 0.15) is 17.3 Å². The van der Waals surface area contributed by atoms with Gasteiger partial charge in [-0.3, -0.25) is 4.79 Å². The lowest BCUT2D eigenvalue weighted by Gasteiger charge is -2.21. The molecule has 1 unspecified atom stereocenters. The van der Waals surface area contributed by atoms with Gasteiger partial charge in [0.25, 0.3) is 0 Å². The SMILES string of the molecule is CN(CCOc1cccc(Cl)c1)C(=O)CC(NC(N)=O)c1cccs1. The number of nitrogens with two attached hydrogens (primary N) is 1. The van der Waals surface area contributed by atoms with E-state index in [0.717, 1.165) is 4.88 Å². The van der Waals surface area contributed by atoms with Crippen molar-refractivity contribution in [1.29, 1.82) is 0 Å². The Bertz CT molecular complexity index is 709. The van der Waals surface area contributed by atoms with Crippen LogP contribution in [-0.4, -0.2) is 37.0 Å². The van der Waals surface area contributed by atoms with Crippen LogP contribution in [0.3, 0.4) is 0 Å². The average molecular weight is 382 g/mol. The molecule has 1 aromatic heterocycles. The molecule has 1 heterocycles. The Labute approximate surface area is 155 Å². The predicted octanol–water partition coefficient (Wildman–Crippen LogP) is 3.04. The van der Waals surface area contributed by atoms with Crippen molar-refractivity contribution in [2.24, 2.45) is 5.73 Å². The standard InChI is InChI=1S/C17H20ClN3O3S/c1-21(7-8-24-13-5-2-4-12(18)10-13)16(22)11-14(20-17(19)23)15-6-3-9-25-15/h2-6,9-10,14H,7-8,11H2,1H3,(H3,19,20,23). The summed E-state index contributed by atoms with van der Waals surface area (Å²) in [7, 11) is 1.69. The Morgan fingerprint density at radius 3 is 2.80 bits per heavy atom. The lowest BCUT2D eigenvalue weighted by molar-refractivity contribution is -0.130. The minimum Gasteiger partial charge on any atom is -0.492 e. The monoisotopic (exact) mass is 381 g/mol. The van der Waals surface area contributed by atoms with E-state index < -0.39 is 12.1 Å². The molecule has 6 nitrogen and oxygen atoms in total. The quantitative estimate of drug-likeness (QED) is 0.737. The zero-order valence-corrected chi connectivity index (χ0v) is 15.3. The van der Waals surface area contributed by atoms with Crippen LogP contribution >= 0.6 is 22.9 Å². The second kappa shape index (κ2) is 9.29. The summed E-state index contributed by atoms with van der Waals surface area (Å²) in [5.41, 5.74) is 5.21. The van der Waals surface area contributed by atoms with Crippen LogP contribution < -0.4 is 15.8 Å². The number of hydrogen-bond acceptors (Lipinski definition) is 4. The highest BCUT2D eigenvalue weighted by atomic mass is 35.5. The number of ether oxygens (including phenoxy) is 1. The molecule has 134 valence electrons. The van der Waals surface area contributed by atoms with Gasteiger partial charge >= 0.3 is 6.03 Å². The van der Waals surface area contributed by atoms with E-state index in [1.165, 1.54) is 11.3 Å². The van der Waals surface area contributed by atoms with E-state index in [-0.39, 0.29) is 12.3 Å². The number of nitrogens with one attached hydrogen (secondary N) is 1. The summed E-state index contributed by atoms with van der Waals surface area (Å²) in [4.78, 5) is 26.0. The van der Waals surface area contributed by atoms with Crippen LogP contribution in [0.4, 0.5) is 4.79 Å². The lowest BCUT2D eigenvalue weighted by atomic mass is 10.1. The van der Waals surface area contributed by atoms with Gasteiger partial charge in [0.2, 0.25) is 5.91 Å². The third-order valence-corrected chi connectivity index (χ3v) is 4.72. The molecular formula is C17H20ClN3O3S. The highest BCUT2D eigenvalue weighted by molar-refractivity contribution is 7.10. The van der Waals surface area contributed by atoms with Crippen LogP contribution in [0, 0.1) is 0 Å². The lowest BCUT2D eigenvalue weighted by Crippen LogP contribution is -2.38. The van der Waals surface area contributed by atoms with E-state index in [0.29, 0.717) is 23.9 Å². The van der Waals surface area contributed by atoms with Gasteiger partial charge in [0.1, 0.15) is 12.4 Å². The second-order valence-electron chi connectivity index (χ2n) is 5.40. The molecule has 1 atom stereocenters. The van der Waals surface area contributed by atoms with Crippen LogP contribution in [0.5, 0.6) is 5.75 Å². The number of carbonyl (C=O) groups excluding carboxylic acids is 2. The maximum Gasteiger partial charge on any atom is 0.312 e. The number of amides is 3. The fourth-order valence-electron chi connectivity index (χ4n) is 2.20. The summed E-state index contributed by atoms with van der Waals surface area (Å²) < 4.78 is 5.58. The number of urea groups is 1. The van der Waals surface area contributed by atoms with Gasteiger partial charge in [0.05, 0.1) is 19.0 Å². The third-order valence-electron chi connectivity index (χ3n) is 3.50. The molecule has 0 saturated carbocycles. The summed E-state index contributed by atoms with van der Waals surface area (Å²) in [6.45, 7) is 0.759. The molecule has 0 bridgehead atoms. The number of carbonyl (C=O) groups is 2. The van der Waals surface area contributed by atoms with E-state index in [9.17, 15) is 9.59 Å². The van der Waals surface area contributed by atoms with Gasteiger partial charge in [-0.15, -0.1) is 11.3 Å². The van der Waals surface area contributed by atoms with Crippen molar-refractivity contribution in [3.63, 3.8) is 0 Å². The average Bonchev–Trinajstić information content (AvgIpc) is 3.08. The Morgan fingerprint density at radius 2 is 2.16 bits per heavy atom. The zero-order valence-electron chi connectivity index (χ0n) is 13.8. The van der Waals surface area contributed by atoms with E-state index in [2.05, 4.69) is 5.32 Å². The first kappa shape index (κ1) is 19.1. The molecule has 0 fully saturated rings. The highest BCUT2D eigenvalue weighted by Crippen LogP contribution is 2.22. The van der Waals surface area contributed by atoms with Crippen molar-refractivity contribution in [2.45, 2.75) is 12.5 Å². The first-order chi connectivity index (χ1) is 12.0. The smallest absolute Gasteiger partial charge is 0.312 e. The van der Waals surface area contributed by atoms with Crippen LogP contribution in [0.25, 0.3) is 0 Å². The molecule has 0 aliphatic carbocycles. The second-order valence-corrected chi connectivity index (χ2v) is 6.82. The number of primary amides is 1. The molecule has 2 aromatic rings. The number of benzene rings is 1. The number of halogens is 1. The fourth-order valence-corrected chi connectivity index (χ4v) is 3.15. The summed E-state index contributed by atoms with van der Waals surface area (Å²) in [6, 6.07) is 9.72. The molecule has 0 saturated heterocycles. The molecule has 0 spiro atoms. The highest BCUT2D eigenvalue weighted by Gasteiger charge is 2.20. The number of nitrogens with zero attached hydrogens (tertiary/aromatic N) is 1.